The Balaban J connectivity index is 1.33. The normalized spacial score (nSPS) is 27.7. The van der Waals surface area contributed by atoms with E-state index in [-0.39, 0.29) is 18.9 Å². The second-order valence-corrected chi connectivity index (χ2v) is 12.7. The van der Waals surface area contributed by atoms with E-state index in [2.05, 4.69) is 15.2 Å². The van der Waals surface area contributed by atoms with Gasteiger partial charge in [0.25, 0.3) is 0 Å². The van der Waals surface area contributed by atoms with E-state index in [9.17, 15) is 14.5 Å². The third-order valence-electron chi connectivity index (χ3n) is 8.09. The molecule has 1 aliphatic heterocycles. The maximum absolute atomic E-state index is 14.1. The van der Waals surface area contributed by atoms with Crippen LogP contribution in [0.5, 0.6) is 5.75 Å². The van der Waals surface area contributed by atoms with Crippen LogP contribution in [0.3, 0.4) is 0 Å². The molecule has 0 amide bonds. The number of nitrogens with two attached hydrogens (primary N) is 1. The van der Waals surface area contributed by atoms with Crippen LogP contribution >= 0.6 is 7.75 Å². The van der Waals surface area contributed by atoms with Crippen LogP contribution in [0.25, 0.3) is 5.52 Å². The van der Waals surface area contributed by atoms with Crippen molar-refractivity contribution in [2.24, 2.45) is 5.92 Å². The fourth-order valence-corrected chi connectivity index (χ4v) is 7.06. The Kier molecular flexibility index (Phi) is 8.15. The third-order valence-corrected chi connectivity index (χ3v) is 9.78. The molecule has 5 rings (SSSR count). The zero-order valence-electron chi connectivity index (χ0n) is 23.7. The Labute approximate surface area is 239 Å². The second-order valence-electron chi connectivity index (χ2n) is 11.0. The van der Waals surface area contributed by atoms with Gasteiger partial charge in [-0.3, -0.25) is 9.32 Å². The first-order chi connectivity index (χ1) is 19.5. The number of hydrogen-bond donors (Lipinski definition) is 3. The molecule has 1 aliphatic carbocycles. The van der Waals surface area contributed by atoms with Crippen molar-refractivity contribution in [2.45, 2.75) is 82.8 Å². The van der Waals surface area contributed by atoms with Gasteiger partial charge in [0, 0.05) is 12.8 Å². The number of esters is 1. The SMILES string of the molecule is CCC(CC)COC(=O)[C@H](C)NP(=O)(Oc1ccccc1)O[C@@H]1CC12C[C@@H](O)[C@](C)(c1ccc3c(N)ncnn13)O2. The van der Waals surface area contributed by atoms with Gasteiger partial charge in [-0.25, -0.2) is 14.1 Å². The molecule has 13 heteroatoms. The van der Waals surface area contributed by atoms with Gasteiger partial charge in [0.15, 0.2) is 5.82 Å². The quantitative estimate of drug-likeness (QED) is 0.208. The molecule has 1 saturated heterocycles. The number of fused-ring (bicyclic) bond motifs is 1. The number of nitrogens with zero attached hydrogens (tertiary/aromatic N) is 3. The van der Waals surface area contributed by atoms with Crippen molar-refractivity contribution < 1.29 is 33.0 Å². The highest BCUT2D eigenvalue weighted by Crippen LogP contribution is 2.62. The average molecular weight is 588 g/mol. The fraction of sp³-hybridized carbons (Fsp3) is 0.536. The molecule has 2 unspecified atom stereocenters. The van der Waals surface area contributed by atoms with Crippen molar-refractivity contribution in [2.75, 3.05) is 12.3 Å². The topological polar surface area (TPSA) is 160 Å². The predicted octanol–water partition coefficient (Wildman–Crippen LogP) is 3.98. The molecule has 3 aromatic rings. The second kappa shape index (κ2) is 11.3. The number of hydrogen-bond acceptors (Lipinski definition) is 10. The van der Waals surface area contributed by atoms with Gasteiger partial charge in [-0.1, -0.05) is 44.9 Å². The van der Waals surface area contributed by atoms with Crippen molar-refractivity contribution >= 4 is 25.1 Å². The molecule has 1 aromatic carbocycles. The lowest BCUT2D eigenvalue weighted by atomic mass is 9.94. The summed E-state index contributed by atoms with van der Waals surface area (Å²) in [7, 11) is -4.11. The molecule has 0 bridgehead atoms. The molecule has 12 nitrogen and oxygen atoms in total. The van der Waals surface area contributed by atoms with Crippen molar-refractivity contribution in [1.29, 1.82) is 0 Å². The zero-order chi connectivity index (χ0) is 29.4. The predicted molar refractivity (Wildman–Crippen MR) is 151 cm³/mol. The van der Waals surface area contributed by atoms with E-state index in [0.717, 1.165) is 12.8 Å². The molecule has 1 spiro atoms. The summed E-state index contributed by atoms with van der Waals surface area (Å²) in [5, 5.41) is 18.2. The molecule has 1 saturated carbocycles. The maximum atomic E-state index is 14.1. The van der Waals surface area contributed by atoms with Gasteiger partial charge in [0.2, 0.25) is 0 Å². The van der Waals surface area contributed by atoms with E-state index >= 15 is 0 Å². The minimum absolute atomic E-state index is 0.236. The van der Waals surface area contributed by atoms with Crippen LogP contribution in [-0.4, -0.2) is 56.1 Å². The number of nitrogens with one attached hydrogen (secondary N) is 1. The molecule has 4 N–H and O–H groups in total. The first-order valence-corrected chi connectivity index (χ1v) is 15.5. The molecule has 222 valence electrons. The van der Waals surface area contributed by atoms with E-state index in [4.69, 9.17) is 24.3 Å². The van der Waals surface area contributed by atoms with Crippen LogP contribution in [0.1, 0.15) is 59.1 Å². The number of para-hydroxylation sites is 1. The number of carbonyl (C=O) groups excluding carboxylic acids is 1. The van der Waals surface area contributed by atoms with Crippen LogP contribution in [-0.2, 0) is 29.0 Å². The summed E-state index contributed by atoms with van der Waals surface area (Å²) >= 11 is 0. The minimum atomic E-state index is -4.11. The highest BCUT2D eigenvalue weighted by atomic mass is 31.2. The van der Waals surface area contributed by atoms with Crippen LogP contribution in [0, 0.1) is 5.92 Å². The molecule has 41 heavy (non-hydrogen) atoms. The largest absolute Gasteiger partial charge is 0.464 e. The maximum Gasteiger partial charge on any atom is 0.459 e. The summed E-state index contributed by atoms with van der Waals surface area (Å²) < 4.78 is 39.6. The average Bonchev–Trinajstić information content (AvgIpc) is 3.26. The third kappa shape index (κ3) is 5.85. The first-order valence-electron chi connectivity index (χ1n) is 14.0. The van der Waals surface area contributed by atoms with Gasteiger partial charge < -0.3 is 24.8 Å². The van der Waals surface area contributed by atoms with Crippen molar-refractivity contribution in [3.05, 3.63) is 54.5 Å². The highest BCUT2D eigenvalue weighted by molar-refractivity contribution is 7.52. The smallest absolute Gasteiger partial charge is 0.459 e. The number of aliphatic hydroxyl groups excluding tert-OH is 1. The Morgan fingerprint density at radius 1 is 1.24 bits per heavy atom. The Hall–Kier alpha value is -3.02. The van der Waals surface area contributed by atoms with E-state index in [1.165, 1.54) is 6.33 Å². The summed E-state index contributed by atoms with van der Waals surface area (Å²) in [5.74, 6) is 0.318. The number of aromatic nitrogens is 3. The van der Waals surface area contributed by atoms with E-state index < -0.39 is 43.2 Å². The van der Waals surface area contributed by atoms with Crippen molar-refractivity contribution in [3.8, 4) is 5.75 Å². The molecule has 3 heterocycles. The summed E-state index contributed by atoms with van der Waals surface area (Å²) in [6.45, 7) is 7.70. The first kappa shape index (κ1) is 29.5. The monoisotopic (exact) mass is 587 g/mol. The van der Waals surface area contributed by atoms with E-state index in [0.29, 0.717) is 29.2 Å². The molecular weight excluding hydrogens is 549 g/mol. The van der Waals surface area contributed by atoms with Crippen molar-refractivity contribution in [1.82, 2.24) is 19.7 Å². The van der Waals surface area contributed by atoms with Gasteiger partial charge in [-0.15, -0.1) is 0 Å². The Morgan fingerprint density at radius 2 is 1.98 bits per heavy atom. The van der Waals surface area contributed by atoms with Gasteiger partial charge >= 0.3 is 13.7 Å². The number of benzene rings is 1. The lowest BCUT2D eigenvalue weighted by Crippen LogP contribution is -2.36. The Bertz CT molecular complexity index is 1430. The molecule has 2 aliphatic rings. The summed E-state index contributed by atoms with van der Waals surface area (Å²) in [4.78, 5) is 16.8. The minimum Gasteiger partial charge on any atom is -0.464 e. The van der Waals surface area contributed by atoms with Gasteiger partial charge in [0.05, 0.1) is 18.4 Å². The van der Waals surface area contributed by atoms with Gasteiger partial charge in [0.1, 0.15) is 40.9 Å². The molecule has 6 atom stereocenters. The highest BCUT2D eigenvalue weighted by Gasteiger charge is 2.69. The standard InChI is InChI=1S/C28H38N5O7P/c1-5-19(6-2)16-37-26(35)18(3)32-41(36,38-20-10-8-7-9-11-20)39-24-15-28(24)14-23(34)27(4,40-28)22-13-12-21-25(29)30-17-31-33(21)22/h7-13,17-19,23-24,34H,5-6,14-16H2,1-4H3,(H,32,36)(H2,29,30,31)/t18-,23+,24+,27-,28?,41?/m0/s1. The zero-order valence-corrected chi connectivity index (χ0v) is 24.6. The summed E-state index contributed by atoms with van der Waals surface area (Å²) in [5.41, 5.74) is 5.14. The summed E-state index contributed by atoms with van der Waals surface area (Å²) in [6, 6.07) is 11.2. The van der Waals surface area contributed by atoms with E-state index in [1.807, 2.05) is 13.8 Å². The number of aliphatic hydroxyl groups is 1. The van der Waals surface area contributed by atoms with Gasteiger partial charge in [-0.05, 0) is 44.0 Å². The van der Waals surface area contributed by atoms with Gasteiger partial charge in [-0.2, -0.15) is 10.2 Å². The number of carbonyl (C=O) groups is 1. The lowest BCUT2D eigenvalue weighted by molar-refractivity contribution is -0.146. The molecular formula is C28H38N5O7P. The van der Waals surface area contributed by atoms with Crippen LogP contribution in [0.2, 0.25) is 0 Å². The molecule has 0 radical (unpaired) electrons. The number of nitrogen functional groups attached to an aromatic ring is 1. The van der Waals surface area contributed by atoms with Crippen LogP contribution in [0.4, 0.5) is 5.82 Å². The van der Waals surface area contributed by atoms with Crippen molar-refractivity contribution in [3.63, 3.8) is 0 Å². The lowest BCUT2D eigenvalue weighted by Gasteiger charge is -2.28. The number of anilines is 1. The van der Waals surface area contributed by atoms with Crippen LogP contribution in [0.15, 0.2) is 48.8 Å². The summed E-state index contributed by atoms with van der Waals surface area (Å²) in [6.07, 6.45) is 2.15. The fourth-order valence-electron chi connectivity index (χ4n) is 5.32. The number of ether oxygens (including phenoxy) is 2. The molecule has 2 fully saturated rings. The number of rotatable bonds is 12. The van der Waals surface area contributed by atoms with E-state index in [1.54, 1.807) is 60.8 Å². The Morgan fingerprint density at radius 3 is 2.68 bits per heavy atom. The molecule has 2 aromatic heterocycles. The van der Waals surface area contributed by atoms with Crippen LogP contribution < -0.4 is 15.3 Å².